The molecule has 1 aromatic heterocycles. The van der Waals surface area contributed by atoms with Gasteiger partial charge in [-0.3, -0.25) is 9.58 Å². The highest BCUT2D eigenvalue weighted by Crippen LogP contribution is 2.19. The fraction of sp³-hybridized carbons (Fsp3) is 0.524. The van der Waals surface area contributed by atoms with Crippen molar-refractivity contribution in [3.63, 3.8) is 0 Å². The highest BCUT2D eigenvalue weighted by Gasteiger charge is 2.10. The van der Waals surface area contributed by atoms with Gasteiger partial charge in [-0.05, 0) is 19.1 Å². The fourth-order valence-corrected chi connectivity index (χ4v) is 3.14. The highest BCUT2D eigenvalue weighted by atomic mass is 127. The normalized spacial score (nSPS) is 14.8. The Morgan fingerprint density at radius 3 is 2.73 bits per heavy atom. The van der Waals surface area contributed by atoms with Gasteiger partial charge in [0.15, 0.2) is 5.96 Å². The van der Waals surface area contributed by atoms with Gasteiger partial charge in [0.1, 0.15) is 12.4 Å². The Morgan fingerprint density at radius 1 is 1.20 bits per heavy atom. The third-order valence-electron chi connectivity index (χ3n) is 4.85. The van der Waals surface area contributed by atoms with Crippen molar-refractivity contribution >= 4 is 29.9 Å². The fourth-order valence-electron chi connectivity index (χ4n) is 3.14. The highest BCUT2D eigenvalue weighted by molar-refractivity contribution is 14.0. The van der Waals surface area contributed by atoms with Crippen LogP contribution in [0.25, 0.3) is 0 Å². The summed E-state index contributed by atoms with van der Waals surface area (Å²) in [7, 11) is 1.94. The second-order valence-corrected chi connectivity index (χ2v) is 6.91. The number of nitrogens with zero attached hydrogens (tertiary/aromatic N) is 4. The molecule has 0 bridgehead atoms. The maximum atomic E-state index is 6.06. The predicted octanol–water partition coefficient (Wildman–Crippen LogP) is 2.00. The molecule has 0 aliphatic carbocycles. The largest absolute Gasteiger partial charge is 0.492 e. The third-order valence-corrected chi connectivity index (χ3v) is 4.85. The van der Waals surface area contributed by atoms with E-state index < -0.39 is 0 Å². The number of aromatic nitrogens is 2. The Balaban J connectivity index is 0.00000320. The summed E-state index contributed by atoms with van der Waals surface area (Å²) in [4.78, 5) is 7.10. The van der Waals surface area contributed by atoms with Crippen LogP contribution in [0.2, 0.25) is 0 Å². The van der Waals surface area contributed by atoms with Gasteiger partial charge in [-0.15, -0.1) is 24.0 Å². The Hall–Kier alpha value is -1.85. The van der Waals surface area contributed by atoms with Crippen molar-refractivity contribution in [1.82, 2.24) is 25.3 Å². The molecule has 8 nitrogen and oxygen atoms in total. The molecule has 0 atom stereocenters. The number of nitrogens with one attached hydrogen (secondary N) is 2. The van der Waals surface area contributed by atoms with E-state index in [0.29, 0.717) is 19.7 Å². The first-order valence-electron chi connectivity index (χ1n) is 10.3. The van der Waals surface area contributed by atoms with Crippen LogP contribution in [-0.4, -0.2) is 66.6 Å². The van der Waals surface area contributed by atoms with Gasteiger partial charge in [-0.25, -0.2) is 4.99 Å². The monoisotopic (exact) mass is 528 g/mol. The number of guanidine groups is 1. The minimum atomic E-state index is 0. The lowest BCUT2D eigenvalue weighted by Crippen LogP contribution is -2.38. The number of benzene rings is 1. The van der Waals surface area contributed by atoms with Crippen LogP contribution in [0, 0.1) is 0 Å². The van der Waals surface area contributed by atoms with Crippen LogP contribution in [0.15, 0.2) is 41.5 Å². The minimum Gasteiger partial charge on any atom is -0.492 e. The van der Waals surface area contributed by atoms with Crippen molar-refractivity contribution in [3.8, 4) is 5.75 Å². The van der Waals surface area contributed by atoms with E-state index in [1.54, 1.807) is 6.20 Å². The lowest BCUT2D eigenvalue weighted by molar-refractivity contribution is 0.0322. The van der Waals surface area contributed by atoms with E-state index in [9.17, 15) is 0 Å². The molecule has 3 rings (SSSR count). The zero-order valence-corrected chi connectivity index (χ0v) is 20.2. The molecular weight excluding hydrogens is 495 g/mol. The zero-order valence-electron chi connectivity index (χ0n) is 17.8. The first-order chi connectivity index (χ1) is 14.3. The lowest BCUT2D eigenvalue weighted by Gasteiger charge is -2.26. The number of aryl methyl sites for hydroxylation is 1. The van der Waals surface area contributed by atoms with E-state index in [-0.39, 0.29) is 24.0 Å². The van der Waals surface area contributed by atoms with E-state index in [2.05, 4.69) is 33.6 Å². The van der Waals surface area contributed by atoms with Gasteiger partial charge < -0.3 is 20.1 Å². The maximum Gasteiger partial charge on any atom is 0.191 e. The van der Waals surface area contributed by atoms with Gasteiger partial charge in [-0.2, -0.15) is 5.10 Å². The van der Waals surface area contributed by atoms with E-state index in [1.165, 1.54) is 0 Å². The molecular formula is C21H33IN6O2. The number of para-hydroxylation sites is 1. The van der Waals surface area contributed by atoms with Crippen LogP contribution in [0.3, 0.4) is 0 Å². The smallest absolute Gasteiger partial charge is 0.191 e. The van der Waals surface area contributed by atoms with Gasteiger partial charge in [0.25, 0.3) is 0 Å². The first kappa shape index (κ1) is 24.4. The van der Waals surface area contributed by atoms with Crippen molar-refractivity contribution < 1.29 is 9.47 Å². The molecule has 1 fully saturated rings. The Labute approximate surface area is 196 Å². The number of aliphatic imine (C=N–C) groups is 1. The average molecular weight is 528 g/mol. The molecule has 2 heterocycles. The SMILES string of the molecule is CCNC(=NCc1ccccc1OCCN1CCOCC1)NCc1ccnn1C.I. The molecule has 0 amide bonds. The van der Waals surface area contributed by atoms with Crippen LogP contribution in [0.4, 0.5) is 0 Å². The Kier molecular flexibility index (Phi) is 11.0. The second-order valence-electron chi connectivity index (χ2n) is 6.91. The first-order valence-corrected chi connectivity index (χ1v) is 10.3. The molecule has 1 saturated heterocycles. The van der Waals surface area contributed by atoms with Gasteiger partial charge >= 0.3 is 0 Å². The number of ether oxygens (including phenoxy) is 2. The second kappa shape index (κ2) is 13.5. The Morgan fingerprint density at radius 2 is 2.00 bits per heavy atom. The predicted molar refractivity (Wildman–Crippen MR) is 129 cm³/mol. The summed E-state index contributed by atoms with van der Waals surface area (Å²) in [5.74, 6) is 1.67. The van der Waals surface area contributed by atoms with Crippen LogP contribution in [0.5, 0.6) is 5.75 Å². The molecule has 1 aliphatic heterocycles. The molecule has 2 N–H and O–H groups in total. The topological polar surface area (TPSA) is 75.9 Å². The average Bonchev–Trinajstić information content (AvgIpc) is 3.16. The zero-order chi connectivity index (χ0) is 20.3. The number of hydrogen-bond donors (Lipinski definition) is 2. The van der Waals surface area contributed by atoms with Crippen molar-refractivity contribution in [2.45, 2.75) is 20.0 Å². The molecule has 0 spiro atoms. The van der Waals surface area contributed by atoms with Crippen LogP contribution >= 0.6 is 24.0 Å². The molecule has 1 aliphatic rings. The molecule has 166 valence electrons. The van der Waals surface area contributed by atoms with Crippen molar-refractivity contribution in [2.24, 2.45) is 12.0 Å². The van der Waals surface area contributed by atoms with Gasteiger partial charge in [0.2, 0.25) is 0 Å². The summed E-state index contributed by atoms with van der Waals surface area (Å²) in [5, 5.41) is 10.8. The number of morpholine rings is 1. The summed E-state index contributed by atoms with van der Waals surface area (Å²) in [6, 6.07) is 10.1. The van der Waals surface area contributed by atoms with E-state index >= 15 is 0 Å². The van der Waals surface area contributed by atoms with Crippen LogP contribution in [0.1, 0.15) is 18.2 Å². The molecule has 0 radical (unpaired) electrons. The van der Waals surface area contributed by atoms with Crippen LogP contribution in [-0.2, 0) is 24.9 Å². The molecule has 9 heteroatoms. The Bertz CT molecular complexity index is 776. The van der Waals surface area contributed by atoms with E-state index in [1.807, 2.05) is 36.0 Å². The molecule has 0 unspecified atom stereocenters. The van der Waals surface area contributed by atoms with Gasteiger partial charge in [-0.1, -0.05) is 18.2 Å². The maximum absolute atomic E-state index is 6.06. The summed E-state index contributed by atoms with van der Waals surface area (Å²) in [6.07, 6.45) is 1.80. The van der Waals surface area contributed by atoms with Gasteiger partial charge in [0, 0.05) is 45.0 Å². The number of rotatable bonds is 9. The van der Waals surface area contributed by atoms with Gasteiger partial charge in [0.05, 0.1) is 32.0 Å². The summed E-state index contributed by atoms with van der Waals surface area (Å²) < 4.78 is 13.3. The standard InChI is InChI=1S/C21H32N6O2.HI/c1-3-22-21(24-17-19-8-9-25-26(19)2)23-16-18-6-4-5-7-20(18)29-15-12-27-10-13-28-14-11-27;/h4-9H,3,10-17H2,1-2H3,(H2,22,23,24);1H. The number of halogens is 1. The summed E-state index contributed by atoms with van der Waals surface area (Å²) in [6.45, 7) is 9.23. The lowest BCUT2D eigenvalue weighted by atomic mass is 10.2. The molecule has 1 aromatic carbocycles. The quantitative estimate of drug-likeness (QED) is 0.295. The summed E-state index contributed by atoms with van der Waals surface area (Å²) in [5.41, 5.74) is 2.18. The molecule has 30 heavy (non-hydrogen) atoms. The molecule has 2 aromatic rings. The van der Waals surface area contributed by atoms with Crippen LogP contribution < -0.4 is 15.4 Å². The molecule has 0 saturated carbocycles. The third kappa shape index (κ3) is 7.77. The number of hydrogen-bond acceptors (Lipinski definition) is 5. The van der Waals surface area contributed by atoms with E-state index in [0.717, 1.165) is 62.4 Å². The van der Waals surface area contributed by atoms with Crippen molar-refractivity contribution in [2.75, 3.05) is 46.0 Å². The minimum absolute atomic E-state index is 0. The van der Waals surface area contributed by atoms with Crippen molar-refractivity contribution in [1.29, 1.82) is 0 Å². The van der Waals surface area contributed by atoms with Crippen molar-refractivity contribution in [3.05, 3.63) is 47.8 Å². The summed E-state index contributed by atoms with van der Waals surface area (Å²) >= 11 is 0. The van der Waals surface area contributed by atoms with E-state index in [4.69, 9.17) is 14.5 Å².